The summed E-state index contributed by atoms with van der Waals surface area (Å²) in [5.41, 5.74) is 2.42. The van der Waals surface area contributed by atoms with Gasteiger partial charge in [-0.3, -0.25) is 14.3 Å². The first kappa shape index (κ1) is 26.4. The number of fused-ring (bicyclic) bond motifs is 1. The molecule has 0 spiro atoms. The van der Waals surface area contributed by atoms with Gasteiger partial charge in [0.15, 0.2) is 0 Å². The molecular weight excluding hydrogens is 505 g/mol. The van der Waals surface area contributed by atoms with E-state index in [0.29, 0.717) is 37.2 Å². The van der Waals surface area contributed by atoms with Gasteiger partial charge in [0.1, 0.15) is 11.5 Å². The molecule has 38 heavy (non-hydrogen) atoms. The first-order chi connectivity index (χ1) is 18.3. The fraction of sp³-hybridized carbons (Fsp3) is 0.414. The fourth-order valence-corrected chi connectivity index (χ4v) is 6.06. The van der Waals surface area contributed by atoms with Crippen molar-refractivity contribution in [3.63, 3.8) is 0 Å². The molecular formula is C29H33ClFN5O2. The lowest BCUT2D eigenvalue weighted by Crippen LogP contribution is -2.36. The van der Waals surface area contributed by atoms with E-state index in [0.717, 1.165) is 37.3 Å². The van der Waals surface area contributed by atoms with Gasteiger partial charge in [-0.15, -0.1) is 0 Å². The molecule has 2 aromatic carbocycles. The van der Waals surface area contributed by atoms with E-state index < -0.39 is 5.82 Å². The van der Waals surface area contributed by atoms with Gasteiger partial charge in [-0.05, 0) is 55.9 Å². The molecule has 2 unspecified atom stereocenters. The molecule has 5 rings (SSSR count). The second-order valence-electron chi connectivity index (χ2n) is 10.3. The largest absolute Gasteiger partial charge is 0.344 e. The van der Waals surface area contributed by atoms with Crippen LogP contribution in [-0.4, -0.2) is 64.1 Å². The van der Waals surface area contributed by atoms with E-state index in [1.165, 1.54) is 12.1 Å². The van der Waals surface area contributed by atoms with Crippen molar-refractivity contribution in [3.05, 3.63) is 88.0 Å². The van der Waals surface area contributed by atoms with Gasteiger partial charge in [0.05, 0.1) is 22.3 Å². The predicted molar refractivity (Wildman–Crippen MR) is 145 cm³/mol. The molecule has 3 atom stereocenters. The van der Waals surface area contributed by atoms with E-state index in [9.17, 15) is 14.0 Å². The molecule has 1 aromatic heterocycles. The maximum Gasteiger partial charge on any atom is 0.270 e. The molecule has 200 valence electrons. The van der Waals surface area contributed by atoms with Crippen LogP contribution in [0.15, 0.2) is 54.6 Å². The Balaban J connectivity index is 1.20. The smallest absolute Gasteiger partial charge is 0.270 e. The number of nitrogens with zero attached hydrogens (tertiary/aromatic N) is 4. The van der Waals surface area contributed by atoms with Gasteiger partial charge in [0.25, 0.3) is 11.8 Å². The van der Waals surface area contributed by atoms with Crippen molar-refractivity contribution in [2.45, 2.75) is 32.9 Å². The van der Waals surface area contributed by atoms with Gasteiger partial charge < -0.3 is 15.1 Å². The summed E-state index contributed by atoms with van der Waals surface area (Å²) < 4.78 is 16.0. The van der Waals surface area contributed by atoms with Crippen LogP contribution >= 0.6 is 11.6 Å². The van der Waals surface area contributed by atoms with Crippen molar-refractivity contribution in [2.24, 2.45) is 11.8 Å². The minimum absolute atomic E-state index is 0.0351. The van der Waals surface area contributed by atoms with Crippen LogP contribution in [0.2, 0.25) is 5.02 Å². The van der Waals surface area contributed by atoms with Crippen LogP contribution in [0.5, 0.6) is 0 Å². The topological polar surface area (TPSA) is 70.5 Å². The highest BCUT2D eigenvalue weighted by Crippen LogP contribution is 2.33. The normalized spacial score (nSPS) is 19.9. The highest BCUT2D eigenvalue weighted by Gasteiger charge is 2.42. The van der Waals surface area contributed by atoms with E-state index >= 15 is 0 Å². The van der Waals surface area contributed by atoms with E-state index in [1.807, 2.05) is 50.2 Å². The van der Waals surface area contributed by atoms with Gasteiger partial charge in [-0.2, -0.15) is 5.10 Å². The van der Waals surface area contributed by atoms with Crippen molar-refractivity contribution < 1.29 is 14.0 Å². The molecule has 0 aliphatic carbocycles. The average Bonchev–Trinajstić information content (AvgIpc) is 3.59. The number of hydrogen-bond donors (Lipinski definition) is 1. The summed E-state index contributed by atoms with van der Waals surface area (Å²) >= 11 is 6.13. The van der Waals surface area contributed by atoms with E-state index in [2.05, 4.69) is 15.3 Å². The molecule has 3 heterocycles. The summed E-state index contributed by atoms with van der Waals surface area (Å²) in [7, 11) is 0. The van der Waals surface area contributed by atoms with E-state index in [1.54, 1.807) is 15.6 Å². The van der Waals surface area contributed by atoms with Crippen molar-refractivity contribution in [1.29, 1.82) is 0 Å². The summed E-state index contributed by atoms with van der Waals surface area (Å²) in [5.74, 6) is -0.345. The molecule has 9 heteroatoms. The van der Waals surface area contributed by atoms with Crippen LogP contribution in [-0.2, 0) is 6.54 Å². The molecule has 2 amide bonds. The lowest BCUT2D eigenvalue weighted by Gasteiger charge is -2.25. The van der Waals surface area contributed by atoms with Crippen LogP contribution in [0, 0.1) is 24.6 Å². The highest BCUT2D eigenvalue weighted by molar-refractivity contribution is 6.33. The Kier molecular flexibility index (Phi) is 7.81. The third-order valence-electron chi connectivity index (χ3n) is 7.70. The predicted octanol–water partition coefficient (Wildman–Crippen LogP) is 4.57. The van der Waals surface area contributed by atoms with Crippen LogP contribution in [0.3, 0.4) is 0 Å². The molecule has 1 N–H and O–H groups in total. The highest BCUT2D eigenvalue weighted by atomic mass is 35.5. The Morgan fingerprint density at radius 3 is 2.45 bits per heavy atom. The molecule has 2 aliphatic rings. The number of halogens is 2. The second kappa shape index (κ2) is 11.3. The number of aryl methyl sites for hydroxylation is 2. The lowest BCUT2D eigenvalue weighted by atomic mass is 10.0. The molecule has 0 radical (unpaired) electrons. The Morgan fingerprint density at radius 2 is 1.79 bits per heavy atom. The number of benzene rings is 2. The SMILES string of the molecule is CCn1nc(C)cc1C(=O)NC(CCN1CC2CN(C(=O)c3c(F)cccc3Cl)C[C@@H]2C1)c1ccccc1. The van der Waals surface area contributed by atoms with Crippen molar-refractivity contribution in [2.75, 3.05) is 32.7 Å². The van der Waals surface area contributed by atoms with Crippen LogP contribution in [0.25, 0.3) is 0 Å². The third kappa shape index (κ3) is 5.47. The minimum Gasteiger partial charge on any atom is -0.344 e. The first-order valence-corrected chi connectivity index (χ1v) is 13.6. The first-order valence-electron chi connectivity index (χ1n) is 13.2. The van der Waals surface area contributed by atoms with Crippen LogP contribution < -0.4 is 5.32 Å². The monoisotopic (exact) mass is 537 g/mol. The Morgan fingerprint density at radius 1 is 1.08 bits per heavy atom. The summed E-state index contributed by atoms with van der Waals surface area (Å²) in [6.45, 7) is 8.27. The summed E-state index contributed by atoms with van der Waals surface area (Å²) in [5, 5.41) is 7.80. The second-order valence-corrected chi connectivity index (χ2v) is 10.7. The van der Waals surface area contributed by atoms with Crippen molar-refractivity contribution in [1.82, 2.24) is 24.9 Å². The zero-order chi connectivity index (χ0) is 26.8. The molecule has 2 fully saturated rings. The summed E-state index contributed by atoms with van der Waals surface area (Å²) in [6.07, 6.45) is 0.766. The molecule has 3 aromatic rings. The number of rotatable bonds is 8. The van der Waals surface area contributed by atoms with Gasteiger partial charge >= 0.3 is 0 Å². The Bertz CT molecular complexity index is 1280. The third-order valence-corrected chi connectivity index (χ3v) is 8.02. The molecule has 0 saturated carbocycles. The Labute approximate surface area is 227 Å². The van der Waals surface area contributed by atoms with E-state index in [-0.39, 0.29) is 28.4 Å². The van der Waals surface area contributed by atoms with Gasteiger partial charge in [0.2, 0.25) is 0 Å². The number of aromatic nitrogens is 2. The molecule has 0 bridgehead atoms. The Hall–Kier alpha value is -3.23. The van der Waals surface area contributed by atoms with Crippen LogP contribution in [0.4, 0.5) is 4.39 Å². The summed E-state index contributed by atoms with van der Waals surface area (Å²) in [6, 6.07) is 16.1. The molecule has 7 nitrogen and oxygen atoms in total. The maximum atomic E-state index is 14.3. The molecule has 2 saturated heterocycles. The van der Waals surface area contributed by atoms with E-state index in [4.69, 9.17) is 11.6 Å². The van der Waals surface area contributed by atoms with Crippen molar-refractivity contribution >= 4 is 23.4 Å². The van der Waals surface area contributed by atoms with Gasteiger partial charge in [-0.25, -0.2) is 4.39 Å². The number of likely N-dealkylation sites (tertiary alicyclic amines) is 2. The molecule has 2 aliphatic heterocycles. The zero-order valence-electron chi connectivity index (χ0n) is 21.7. The van der Waals surface area contributed by atoms with Gasteiger partial charge in [0, 0.05) is 39.3 Å². The zero-order valence-corrected chi connectivity index (χ0v) is 22.5. The number of amides is 2. The van der Waals surface area contributed by atoms with Gasteiger partial charge in [-0.1, -0.05) is 48.0 Å². The number of carbonyl (C=O) groups is 2. The lowest BCUT2D eigenvalue weighted by molar-refractivity contribution is 0.0769. The maximum absolute atomic E-state index is 14.3. The number of carbonyl (C=O) groups excluding carboxylic acids is 2. The minimum atomic E-state index is -0.577. The average molecular weight is 538 g/mol. The fourth-order valence-electron chi connectivity index (χ4n) is 5.82. The number of nitrogens with one attached hydrogen (secondary N) is 1. The standard InChI is InChI=1S/C29H33ClFN5O2/c1-3-36-26(14-19(2)33-36)28(37)32-25(20-8-5-4-6-9-20)12-13-34-15-21-17-35(18-22(21)16-34)29(38)27-23(30)10-7-11-24(27)31/h4-11,14,21-22,25H,3,12-13,15-18H2,1-2H3,(H,32,37)/t21-,22?,25?/m0/s1. The van der Waals surface area contributed by atoms with Crippen molar-refractivity contribution in [3.8, 4) is 0 Å². The number of hydrogen-bond acceptors (Lipinski definition) is 4. The van der Waals surface area contributed by atoms with Crippen LogP contribution in [0.1, 0.15) is 51.5 Å². The quantitative estimate of drug-likeness (QED) is 0.457. The summed E-state index contributed by atoms with van der Waals surface area (Å²) in [4.78, 5) is 30.3.